The van der Waals surface area contributed by atoms with E-state index in [1.165, 1.54) is 10.5 Å². The molecule has 0 aliphatic heterocycles. The maximum absolute atomic E-state index is 11.2. The lowest BCUT2D eigenvalue weighted by Crippen LogP contribution is -2.17. The quantitative estimate of drug-likeness (QED) is 0.548. The molecule has 0 spiro atoms. The maximum Gasteiger partial charge on any atom is 0.303 e. The third-order valence-electron chi connectivity index (χ3n) is 2.44. The average Bonchev–Trinajstić information content (AvgIpc) is 2.69. The Morgan fingerprint density at radius 2 is 2.21 bits per heavy atom. The molecule has 0 saturated carbocycles. The van der Waals surface area contributed by atoms with Crippen LogP contribution >= 0.6 is 33.9 Å². The minimum atomic E-state index is -0.258. The van der Waals surface area contributed by atoms with Gasteiger partial charge in [-0.05, 0) is 58.6 Å². The van der Waals surface area contributed by atoms with Crippen molar-refractivity contribution in [3.05, 3.63) is 31.3 Å². The minimum absolute atomic E-state index is 0.218. The molecule has 0 aliphatic rings. The van der Waals surface area contributed by atoms with Crippen molar-refractivity contribution in [2.45, 2.75) is 40.2 Å². The highest BCUT2D eigenvalue weighted by Gasteiger charge is 2.13. The lowest BCUT2D eigenvalue weighted by atomic mass is 10.1. The molecule has 0 fully saturated rings. The van der Waals surface area contributed by atoms with Gasteiger partial charge in [0.2, 0.25) is 0 Å². The molecule has 0 amide bonds. The average molecular weight is 391 g/mol. The fourth-order valence-corrected chi connectivity index (χ4v) is 2.39. The molecule has 0 aromatic carbocycles. The van der Waals surface area contributed by atoms with E-state index in [2.05, 4.69) is 33.7 Å². The van der Waals surface area contributed by atoms with E-state index < -0.39 is 0 Å². The molecule has 1 heterocycles. The number of hydrogen-bond donors (Lipinski definition) is 0. The van der Waals surface area contributed by atoms with E-state index in [0.29, 0.717) is 6.42 Å². The summed E-state index contributed by atoms with van der Waals surface area (Å²) in [6, 6.07) is 0. The predicted octanol–water partition coefficient (Wildman–Crippen LogP) is 4.52. The van der Waals surface area contributed by atoms with Gasteiger partial charge in [-0.25, -0.2) is 4.98 Å². The van der Waals surface area contributed by atoms with Crippen molar-refractivity contribution in [1.29, 1.82) is 0 Å². The van der Waals surface area contributed by atoms with Crippen LogP contribution in [0.2, 0.25) is 0 Å². The molecule has 1 unspecified atom stereocenters. The molecule has 104 valence electrons. The van der Waals surface area contributed by atoms with Gasteiger partial charge < -0.3 is 4.74 Å². The highest BCUT2D eigenvalue weighted by atomic mass is 127. The second kappa shape index (κ2) is 7.79. The summed E-state index contributed by atoms with van der Waals surface area (Å²) in [5, 5.41) is 3.04. The standard InChI is InChI=1S/C14H18INO2S/c1-9(7-13-8-19-11(3)16-13)14(18-12(4)17)6-5-10(2)15/h5,7-8,14H,6H2,1-4H3/b9-7+,10-5-. The Labute approximate surface area is 131 Å². The van der Waals surface area contributed by atoms with E-state index in [0.717, 1.165) is 16.3 Å². The Morgan fingerprint density at radius 3 is 2.68 bits per heavy atom. The number of rotatable bonds is 5. The van der Waals surface area contributed by atoms with Crippen LogP contribution in [0.3, 0.4) is 0 Å². The lowest BCUT2D eigenvalue weighted by molar-refractivity contribution is -0.144. The van der Waals surface area contributed by atoms with Crippen molar-refractivity contribution in [3.63, 3.8) is 0 Å². The van der Waals surface area contributed by atoms with Crippen LogP contribution in [0.1, 0.15) is 37.9 Å². The number of aryl methyl sites for hydroxylation is 1. The number of thiazole rings is 1. The minimum Gasteiger partial charge on any atom is -0.458 e. The van der Waals surface area contributed by atoms with Crippen molar-refractivity contribution in [3.8, 4) is 0 Å². The van der Waals surface area contributed by atoms with E-state index >= 15 is 0 Å². The number of aromatic nitrogens is 1. The Kier molecular flexibility index (Phi) is 6.71. The monoisotopic (exact) mass is 391 g/mol. The van der Waals surface area contributed by atoms with Crippen LogP contribution in [-0.4, -0.2) is 17.1 Å². The molecule has 0 saturated heterocycles. The van der Waals surface area contributed by atoms with Gasteiger partial charge in [0.25, 0.3) is 0 Å². The number of allylic oxidation sites excluding steroid dienone is 1. The normalized spacial score (nSPS) is 14.4. The SMILES string of the molecule is CC(=O)OC(C/C=C(/C)I)/C(C)=C/c1csc(C)n1. The molecule has 0 radical (unpaired) electrons. The topological polar surface area (TPSA) is 39.2 Å². The third kappa shape index (κ3) is 6.33. The largest absolute Gasteiger partial charge is 0.458 e. The zero-order valence-corrected chi connectivity index (χ0v) is 14.5. The third-order valence-corrected chi connectivity index (χ3v) is 3.67. The number of nitrogens with zero attached hydrogens (tertiary/aromatic N) is 1. The van der Waals surface area contributed by atoms with Crippen LogP contribution < -0.4 is 0 Å². The van der Waals surface area contributed by atoms with Gasteiger partial charge in [-0.2, -0.15) is 0 Å². The van der Waals surface area contributed by atoms with Gasteiger partial charge in [-0.1, -0.05) is 6.08 Å². The molecule has 5 heteroatoms. The van der Waals surface area contributed by atoms with Crippen LogP contribution in [-0.2, 0) is 9.53 Å². The van der Waals surface area contributed by atoms with E-state index in [1.807, 2.05) is 32.2 Å². The Hall–Kier alpha value is -0.690. The number of halogens is 1. The summed E-state index contributed by atoms with van der Waals surface area (Å²) in [4.78, 5) is 15.6. The summed E-state index contributed by atoms with van der Waals surface area (Å²) in [6.45, 7) is 7.41. The van der Waals surface area contributed by atoms with Crippen molar-refractivity contribution >= 4 is 46.0 Å². The summed E-state index contributed by atoms with van der Waals surface area (Å²) >= 11 is 3.86. The molecule has 1 aromatic heterocycles. The number of ether oxygens (including phenoxy) is 1. The van der Waals surface area contributed by atoms with Gasteiger partial charge in [-0.3, -0.25) is 4.79 Å². The number of carbonyl (C=O) groups excluding carboxylic acids is 1. The zero-order valence-electron chi connectivity index (χ0n) is 11.6. The summed E-state index contributed by atoms with van der Waals surface area (Å²) in [7, 11) is 0. The van der Waals surface area contributed by atoms with Gasteiger partial charge in [-0.15, -0.1) is 11.3 Å². The second-order valence-electron chi connectivity index (χ2n) is 4.30. The Balaban J connectivity index is 2.86. The molecule has 0 bridgehead atoms. The summed E-state index contributed by atoms with van der Waals surface area (Å²) in [5.74, 6) is -0.258. The van der Waals surface area contributed by atoms with Crippen molar-refractivity contribution in [2.75, 3.05) is 0 Å². The smallest absolute Gasteiger partial charge is 0.303 e. The Bertz CT molecular complexity index is 501. The highest BCUT2D eigenvalue weighted by molar-refractivity contribution is 14.1. The van der Waals surface area contributed by atoms with E-state index in [-0.39, 0.29) is 12.1 Å². The van der Waals surface area contributed by atoms with Crippen molar-refractivity contribution < 1.29 is 9.53 Å². The van der Waals surface area contributed by atoms with Gasteiger partial charge in [0.1, 0.15) is 6.10 Å². The van der Waals surface area contributed by atoms with Crippen molar-refractivity contribution in [1.82, 2.24) is 4.98 Å². The van der Waals surface area contributed by atoms with Crippen LogP contribution in [0, 0.1) is 6.92 Å². The molecule has 0 aliphatic carbocycles. The Morgan fingerprint density at radius 1 is 1.53 bits per heavy atom. The molecule has 0 N–H and O–H groups in total. The molecule has 1 atom stereocenters. The summed E-state index contributed by atoms with van der Waals surface area (Å²) in [5.41, 5.74) is 1.93. The molecular weight excluding hydrogens is 373 g/mol. The predicted molar refractivity (Wildman–Crippen MR) is 88.5 cm³/mol. The fraction of sp³-hybridized carbons (Fsp3) is 0.429. The molecular formula is C14H18INO2S. The van der Waals surface area contributed by atoms with Crippen LogP contribution in [0.15, 0.2) is 20.6 Å². The van der Waals surface area contributed by atoms with Crippen LogP contribution in [0.5, 0.6) is 0 Å². The van der Waals surface area contributed by atoms with Crippen LogP contribution in [0.25, 0.3) is 6.08 Å². The first-order valence-electron chi connectivity index (χ1n) is 5.98. The summed E-state index contributed by atoms with van der Waals surface area (Å²) in [6.07, 6.45) is 4.52. The molecule has 1 rings (SSSR count). The number of esters is 1. The van der Waals surface area contributed by atoms with E-state index in [1.54, 1.807) is 11.3 Å². The van der Waals surface area contributed by atoms with Crippen molar-refractivity contribution in [2.24, 2.45) is 0 Å². The van der Waals surface area contributed by atoms with Gasteiger partial charge in [0.05, 0.1) is 10.7 Å². The fourth-order valence-electron chi connectivity index (χ4n) is 1.57. The first-order chi connectivity index (χ1) is 8.88. The van der Waals surface area contributed by atoms with Crippen LogP contribution in [0.4, 0.5) is 0 Å². The van der Waals surface area contributed by atoms with Gasteiger partial charge >= 0.3 is 5.97 Å². The second-order valence-corrected chi connectivity index (χ2v) is 7.07. The van der Waals surface area contributed by atoms with E-state index in [4.69, 9.17) is 4.74 Å². The lowest BCUT2D eigenvalue weighted by Gasteiger charge is -2.16. The number of carbonyl (C=O) groups is 1. The van der Waals surface area contributed by atoms with Gasteiger partial charge in [0, 0.05) is 18.7 Å². The van der Waals surface area contributed by atoms with E-state index in [9.17, 15) is 4.79 Å². The summed E-state index contributed by atoms with van der Waals surface area (Å²) < 4.78 is 6.55. The molecule has 1 aromatic rings. The maximum atomic E-state index is 11.2. The van der Waals surface area contributed by atoms with Gasteiger partial charge in [0.15, 0.2) is 0 Å². The molecule has 3 nitrogen and oxygen atoms in total. The first-order valence-corrected chi connectivity index (χ1v) is 7.94. The highest BCUT2D eigenvalue weighted by Crippen LogP contribution is 2.19. The first kappa shape index (κ1) is 16.4. The zero-order chi connectivity index (χ0) is 14.4. The number of hydrogen-bond acceptors (Lipinski definition) is 4. The molecule has 19 heavy (non-hydrogen) atoms.